The highest BCUT2D eigenvalue weighted by Gasteiger charge is 2.28. The van der Waals surface area contributed by atoms with Crippen LogP contribution in [0, 0.1) is 55.4 Å². The SMILES string of the molecule is COC(=O)c1c(C)c(C)c(C)c(C)c1OC(=O)c1c(C)c(C)c(C)c(C)c1OC. The molecule has 0 radical (unpaired) electrons. The van der Waals surface area contributed by atoms with Crippen molar-refractivity contribution in [3.63, 3.8) is 0 Å². The Morgan fingerprint density at radius 2 is 0.897 bits per heavy atom. The van der Waals surface area contributed by atoms with Crippen LogP contribution in [0.5, 0.6) is 11.5 Å². The molecule has 0 N–H and O–H groups in total. The molecular weight excluding hydrogens is 368 g/mol. The van der Waals surface area contributed by atoms with Crippen LogP contribution in [0.3, 0.4) is 0 Å². The quantitative estimate of drug-likeness (QED) is 0.525. The molecule has 0 fully saturated rings. The van der Waals surface area contributed by atoms with Crippen molar-refractivity contribution in [1.82, 2.24) is 0 Å². The highest BCUT2D eigenvalue weighted by molar-refractivity contribution is 6.00. The highest BCUT2D eigenvalue weighted by Crippen LogP contribution is 2.37. The largest absolute Gasteiger partial charge is 0.496 e. The molecule has 0 amide bonds. The van der Waals surface area contributed by atoms with Crippen molar-refractivity contribution < 1.29 is 23.8 Å². The Morgan fingerprint density at radius 3 is 1.31 bits per heavy atom. The summed E-state index contributed by atoms with van der Waals surface area (Å²) in [5, 5.41) is 0. The van der Waals surface area contributed by atoms with E-state index in [9.17, 15) is 9.59 Å². The van der Waals surface area contributed by atoms with Crippen molar-refractivity contribution in [2.45, 2.75) is 55.4 Å². The van der Waals surface area contributed by atoms with Gasteiger partial charge >= 0.3 is 11.9 Å². The van der Waals surface area contributed by atoms with Gasteiger partial charge in [0, 0.05) is 0 Å². The molecule has 0 aromatic heterocycles. The third-order valence-corrected chi connectivity index (χ3v) is 6.25. The molecule has 0 saturated carbocycles. The Bertz CT molecular complexity index is 1020. The highest BCUT2D eigenvalue weighted by atomic mass is 16.5. The van der Waals surface area contributed by atoms with Crippen LogP contribution in [0.2, 0.25) is 0 Å². The number of esters is 2. The van der Waals surface area contributed by atoms with Crippen LogP contribution in [0.15, 0.2) is 0 Å². The summed E-state index contributed by atoms with van der Waals surface area (Å²) in [5.41, 5.74) is 7.84. The van der Waals surface area contributed by atoms with Gasteiger partial charge in [-0.3, -0.25) is 0 Å². The predicted octanol–water partition coefficient (Wildman–Crippen LogP) is 5.17. The number of carbonyl (C=O) groups excluding carboxylic acids is 2. The number of rotatable bonds is 4. The average molecular weight is 398 g/mol. The normalized spacial score (nSPS) is 10.7. The van der Waals surface area contributed by atoms with Gasteiger partial charge in [0.15, 0.2) is 0 Å². The lowest BCUT2D eigenvalue weighted by atomic mass is 9.92. The Hall–Kier alpha value is -2.82. The molecule has 5 heteroatoms. The van der Waals surface area contributed by atoms with E-state index in [2.05, 4.69) is 0 Å². The third kappa shape index (κ3) is 3.61. The molecule has 5 nitrogen and oxygen atoms in total. The minimum absolute atomic E-state index is 0.236. The first-order chi connectivity index (χ1) is 13.5. The molecule has 29 heavy (non-hydrogen) atoms. The maximum atomic E-state index is 13.3. The standard InChI is InChI=1S/C24H30O5/c1-11-13(3)17(7)21(27-9)19(15(11)5)24(26)29-22-18(8)14(4)12(2)16(6)20(22)23(25)28-10/h1-10H3. The number of carbonyl (C=O) groups is 2. The van der Waals surface area contributed by atoms with E-state index in [-0.39, 0.29) is 11.3 Å². The third-order valence-electron chi connectivity index (χ3n) is 6.25. The topological polar surface area (TPSA) is 61.8 Å². The van der Waals surface area contributed by atoms with E-state index < -0.39 is 11.9 Å². The van der Waals surface area contributed by atoms with Crippen molar-refractivity contribution >= 4 is 11.9 Å². The molecule has 156 valence electrons. The van der Waals surface area contributed by atoms with E-state index in [1.165, 1.54) is 7.11 Å². The molecule has 0 spiro atoms. The molecule has 0 aliphatic heterocycles. The van der Waals surface area contributed by atoms with Gasteiger partial charge in [-0.1, -0.05) is 0 Å². The lowest BCUT2D eigenvalue weighted by Gasteiger charge is -2.21. The molecule has 0 aliphatic rings. The summed E-state index contributed by atoms with van der Waals surface area (Å²) < 4.78 is 16.4. The van der Waals surface area contributed by atoms with Crippen molar-refractivity contribution in [1.29, 1.82) is 0 Å². The van der Waals surface area contributed by atoms with E-state index in [1.54, 1.807) is 7.11 Å². The van der Waals surface area contributed by atoms with Crippen molar-refractivity contribution in [2.75, 3.05) is 14.2 Å². The molecular formula is C24H30O5. The van der Waals surface area contributed by atoms with Gasteiger partial charge in [0.05, 0.1) is 14.2 Å². The Labute approximate surface area is 173 Å². The zero-order valence-electron chi connectivity index (χ0n) is 19.0. The summed E-state index contributed by atoms with van der Waals surface area (Å²) in [7, 11) is 2.86. The summed E-state index contributed by atoms with van der Waals surface area (Å²) >= 11 is 0. The summed E-state index contributed by atoms with van der Waals surface area (Å²) in [6, 6.07) is 0. The van der Waals surface area contributed by atoms with E-state index in [1.807, 2.05) is 55.4 Å². The second kappa shape index (κ2) is 8.27. The van der Waals surface area contributed by atoms with Crippen LogP contribution in [0.1, 0.15) is 65.2 Å². The molecule has 2 aromatic carbocycles. The minimum Gasteiger partial charge on any atom is -0.496 e. The zero-order valence-corrected chi connectivity index (χ0v) is 19.0. The van der Waals surface area contributed by atoms with Gasteiger partial charge in [0.2, 0.25) is 0 Å². The van der Waals surface area contributed by atoms with Crippen molar-refractivity contribution in [2.24, 2.45) is 0 Å². The summed E-state index contributed by atoms with van der Waals surface area (Å²) in [4.78, 5) is 25.8. The molecule has 0 atom stereocenters. The van der Waals surface area contributed by atoms with Crippen LogP contribution in [0.25, 0.3) is 0 Å². The minimum atomic E-state index is -0.554. The maximum absolute atomic E-state index is 13.3. The fraction of sp³-hybridized carbons (Fsp3) is 0.417. The number of hydrogen-bond acceptors (Lipinski definition) is 5. The van der Waals surface area contributed by atoms with E-state index in [0.29, 0.717) is 11.3 Å². The Morgan fingerprint density at radius 1 is 0.517 bits per heavy atom. The fourth-order valence-electron chi connectivity index (χ4n) is 3.68. The summed E-state index contributed by atoms with van der Waals surface area (Å²) in [6.07, 6.45) is 0. The number of methoxy groups -OCH3 is 2. The zero-order chi connectivity index (χ0) is 22.2. The van der Waals surface area contributed by atoms with Gasteiger partial charge < -0.3 is 14.2 Å². The summed E-state index contributed by atoms with van der Waals surface area (Å²) in [6.45, 7) is 15.3. The van der Waals surface area contributed by atoms with Crippen molar-refractivity contribution in [3.05, 3.63) is 55.6 Å². The molecule has 0 heterocycles. The van der Waals surface area contributed by atoms with Crippen LogP contribution in [-0.4, -0.2) is 26.2 Å². The lowest BCUT2D eigenvalue weighted by Crippen LogP contribution is -2.19. The molecule has 2 aromatic rings. The second-order valence-corrected chi connectivity index (χ2v) is 7.49. The van der Waals surface area contributed by atoms with Crippen LogP contribution < -0.4 is 9.47 Å². The van der Waals surface area contributed by atoms with Gasteiger partial charge in [0.25, 0.3) is 0 Å². The van der Waals surface area contributed by atoms with E-state index in [4.69, 9.17) is 14.2 Å². The van der Waals surface area contributed by atoms with Gasteiger partial charge in [-0.2, -0.15) is 0 Å². The number of benzene rings is 2. The van der Waals surface area contributed by atoms with Gasteiger partial charge in [-0.25, -0.2) is 9.59 Å². The van der Waals surface area contributed by atoms with Gasteiger partial charge in [0.1, 0.15) is 22.6 Å². The van der Waals surface area contributed by atoms with Crippen LogP contribution >= 0.6 is 0 Å². The molecule has 2 rings (SSSR count). The first-order valence-electron chi connectivity index (χ1n) is 9.54. The van der Waals surface area contributed by atoms with Crippen molar-refractivity contribution in [3.8, 4) is 11.5 Å². The van der Waals surface area contributed by atoms with Crippen LogP contribution in [-0.2, 0) is 4.74 Å². The first-order valence-corrected chi connectivity index (χ1v) is 9.54. The maximum Gasteiger partial charge on any atom is 0.347 e. The van der Waals surface area contributed by atoms with E-state index >= 15 is 0 Å². The second-order valence-electron chi connectivity index (χ2n) is 7.49. The average Bonchev–Trinajstić information content (AvgIpc) is 2.70. The van der Waals surface area contributed by atoms with Gasteiger partial charge in [-0.15, -0.1) is 0 Å². The predicted molar refractivity (Wildman–Crippen MR) is 114 cm³/mol. The first kappa shape index (κ1) is 22.5. The molecule has 0 bridgehead atoms. The smallest absolute Gasteiger partial charge is 0.347 e. The van der Waals surface area contributed by atoms with Crippen LogP contribution in [0.4, 0.5) is 0 Å². The number of hydrogen-bond donors (Lipinski definition) is 0. The Balaban J connectivity index is 2.74. The Kier molecular flexibility index (Phi) is 6.41. The number of ether oxygens (including phenoxy) is 3. The van der Waals surface area contributed by atoms with E-state index in [0.717, 1.165) is 44.5 Å². The molecule has 0 unspecified atom stereocenters. The fourth-order valence-corrected chi connectivity index (χ4v) is 3.68. The van der Waals surface area contributed by atoms with Gasteiger partial charge in [-0.05, 0) is 99.9 Å². The summed E-state index contributed by atoms with van der Waals surface area (Å²) in [5.74, 6) is -0.355. The molecule has 0 saturated heterocycles. The monoisotopic (exact) mass is 398 g/mol. The lowest BCUT2D eigenvalue weighted by molar-refractivity contribution is 0.0591. The molecule has 0 aliphatic carbocycles.